The predicted octanol–water partition coefficient (Wildman–Crippen LogP) is 5.25. The fraction of sp³-hybridized carbons (Fsp3) is 0.115. The van der Waals surface area contributed by atoms with Crippen molar-refractivity contribution in [3.63, 3.8) is 0 Å². The number of nitrogens with zero attached hydrogens (tertiary/aromatic N) is 1. The van der Waals surface area contributed by atoms with Gasteiger partial charge in [-0.25, -0.2) is 0 Å². The molecule has 0 heterocycles. The van der Waals surface area contributed by atoms with Gasteiger partial charge in [-0.15, -0.1) is 0 Å². The van der Waals surface area contributed by atoms with Gasteiger partial charge in [-0.1, -0.05) is 30.3 Å². The monoisotopic (exact) mass is 567 g/mol. The third kappa shape index (κ3) is 7.35. The van der Waals surface area contributed by atoms with E-state index in [9.17, 15) is 14.9 Å². The van der Waals surface area contributed by atoms with Crippen LogP contribution < -0.4 is 20.1 Å². The quantitative estimate of drug-likeness (QED) is 0.209. The maximum Gasteiger partial charge on any atom is 0.266 e. The molecule has 3 aromatic rings. The lowest BCUT2D eigenvalue weighted by atomic mass is 10.1. The number of halogens is 1. The van der Waals surface area contributed by atoms with E-state index < -0.39 is 5.91 Å². The number of carbonyl (C=O) groups is 2. The molecule has 8 heteroatoms. The average molecular weight is 567 g/mol. The summed E-state index contributed by atoms with van der Waals surface area (Å²) in [5.41, 5.74) is 1.85. The van der Waals surface area contributed by atoms with Gasteiger partial charge < -0.3 is 20.1 Å². The summed E-state index contributed by atoms with van der Waals surface area (Å²) >= 11 is 2.15. The van der Waals surface area contributed by atoms with Crippen LogP contribution in [0.4, 0.5) is 11.4 Å². The number of carbonyl (C=O) groups excluding carboxylic acids is 2. The minimum Gasteiger partial charge on any atom is -0.494 e. The Morgan fingerprint density at radius 3 is 2.44 bits per heavy atom. The molecule has 172 valence electrons. The fourth-order valence-electron chi connectivity index (χ4n) is 2.90. The molecule has 2 N–H and O–H groups in total. The van der Waals surface area contributed by atoms with Gasteiger partial charge in [0.15, 0.2) is 6.61 Å². The Morgan fingerprint density at radius 1 is 0.971 bits per heavy atom. The zero-order valence-corrected chi connectivity index (χ0v) is 20.5. The van der Waals surface area contributed by atoms with Crippen molar-refractivity contribution < 1.29 is 19.1 Å². The molecule has 0 aliphatic rings. The van der Waals surface area contributed by atoms with E-state index in [-0.39, 0.29) is 18.1 Å². The van der Waals surface area contributed by atoms with Gasteiger partial charge >= 0.3 is 0 Å². The molecular formula is C26H22IN3O4. The second-order valence-corrected chi connectivity index (χ2v) is 8.13. The van der Waals surface area contributed by atoms with Gasteiger partial charge in [-0.3, -0.25) is 9.59 Å². The van der Waals surface area contributed by atoms with Gasteiger partial charge in [0, 0.05) is 15.3 Å². The molecule has 0 saturated heterocycles. The van der Waals surface area contributed by atoms with Crippen molar-refractivity contribution in [3.05, 3.63) is 87.5 Å². The van der Waals surface area contributed by atoms with Gasteiger partial charge in [-0.2, -0.15) is 5.26 Å². The highest BCUT2D eigenvalue weighted by molar-refractivity contribution is 14.1. The van der Waals surface area contributed by atoms with Crippen LogP contribution in [0, 0.1) is 14.9 Å². The molecular weight excluding hydrogens is 545 g/mol. The van der Waals surface area contributed by atoms with Crippen LogP contribution in [0.5, 0.6) is 11.5 Å². The molecule has 34 heavy (non-hydrogen) atoms. The SMILES string of the molecule is CCOc1cccc(NC(=O)/C(C#N)=C/c2ccc(OCC(=O)Nc3ccccc3I)cc2)c1. The highest BCUT2D eigenvalue weighted by Crippen LogP contribution is 2.20. The van der Waals surface area contributed by atoms with E-state index in [0.717, 1.165) is 9.26 Å². The van der Waals surface area contributed by atoms with Crippen molar-refractivity contribution in [2.24, 2.45) is 0 Å². The largest absolute Gasteiger partial charge is 0.494 e. The second kappa shape index (κ2) is 12.4. The number of amides is 2. The van der Waals surface area contributed by atoms with Crippen LogP contribution >= 0.6 is 22.6 Å². The number of benzene rings is 3. The second-order valence-electron chi connectivity index (χ2n) is 6.97. The lowest BCUT2D eigenvalue weighted by Crippen LogP contribution is -2.20. The van der Waals surface area contributed by atoms with Crippen LogP contribution in [0.25, 0.3) is 6.08 Å². The van der Waals surface area contributed by atoms with Crippen LogP contribution in [0.15, 0.2) is 78.4 Å². The molecule has 7 nitrogen and oxygen atoms in total. The summed E-state index contributed by atoms with van der Waals surface area (Å²) in [5.74, 6) is 0.324. The van der Waals surface area contributed by atoms with Crippen molar-refractivity contribution >= 4 is 51.9 Å². The fourth-order valence-corrected chi connectivity index (χ4v) is 3.42. The zero-order valence-electron chi connectivity index (χ0n) is 18.4. The lowest BCUT2D eigenvalue weighted by Gasteiger charge is -2.09. The maximum absolute atomic E-state index is 12.5. The summed E-state index contributed by atoms with van der Waals surface area (Å²) in [5, 5.41) is 14.9. The third-order valence-electron chi connectivity index (χ3n) is 4.48. The van der Waals surface area contributed by atoms with Crippen LogP contribution in [0.1, 0.15) is 12.5 Å². The van der Waals surface area contributed by atoms with Gasteiger partial charge in [-0.05, 0) is 77.6 Å². The number of nitrogens with one attached hydrogen (secondary N) is 2. The zero-order chi connectivity index (χ0) is 24.3. The Bertz CT molecular complexity index is 1230. The molecule has 0 atom stereocenters. The van der Waals surface area contributed by atoms with E-state index >= 15 is 0 Å². The van der Waals surface area contributed by atoms with E-state index in [0.29, 0.717) is 29.4 Å². The Hall–Kier alpha value is -3.84. The summed E-state index contributed by atoms with van der Waals surface area (Å²) in [6, 6.07) is 23.1. The summed E-state index contributed by atoms with van der Waals surface area (Å²) in [6.07, 6.45) is 1.48. The number of nitriles is 1. The molecule has 2 amide bonds. The van der Waals surface area contributed by atoms with E-state index in [1.807, 2.05) is 37.3 Å². The Morgan fingerprint density at radius 2 is 1.74 bits per heavy atom. The van der Waals surface area contributed by atoms with Crippen LogP contribution in [-0.2, 0) is 9.59 Å². The smallest absolute Gasteiger partial charge is 0.266 e. The van der Waals surface area contributed by atoms with E-state index in [1.54, 1.807) is 48.5 Å². The molecule has 3 aromatic carbocycles. The van der Waals surface area contributed by atoms with Crippen molar-refractivity contribution in [3.8, 4) is 17.6 Å². The molecule has 0 fully saturated rings. The number of hydrogen-bond donors (Lipinski definition) is 2. The minimum absolute atomic E-state index is 0.0488. The first-order valence-electron chi connectivity index (χ1n) is 10.4. The molecule has 0 aromatic heterocycles. The van der Waals surface area contributed by atoms with Crippen LogP contribution in [0.3, 0.4) is 0 Å². The first kappa shape index (κ1) is 24.8. The van der Waals surface area contributed by atoms with Gasteiger partial charge in [0.05, 0.1) is 12.3 Å². The van der Waals surface area contributed by atoms with E-state index in [4.69, 9.17) is 9.47 Å². The number of rotatable bonds is 9. The van der Waals surface area contributed by atoms with Crippen molar-refractivity contribution in [1.82, 2.24) is 0 Å². The van der Waals surface area contributed by atoms with Crippen LogP contribution in [0.2, 0.25) is 0 Å². The predicted molar refractivity (Wildman–Crippen MR) is 140 cm³/mol. The Labute approximate surface area is 211 Å². The first-order valence-corrected chi connectivity index (χ1v) is 11.5. The molecule has 0 aliphatic heterocycles. The summed E-state index contributed by atoms with van der Waals surface area (Å²) in [7, 11) is 0. The maximum atomic E-state index is 12.5. The van der Waals surface area contributed by atoms with E-state index in [2.05, 4.69) is 33.2 Å². The van der Waals surface area contributed by atoms with Gasteiger partial charge in [0.1, 0.15) is 23.1 Å². The first-order chi connectivity index (χ1) is 16.5. The number of anilines is 2. The summed E-state index contributed by atoms with van der Waals surface area (Å²) in [4.78, 5) is 24.7. The summed E-state index contributed by atoms with van der Waals surface area (Å²) in [6.45, 7) is 2.24. The lowest BCUT2D eigenvalue weighted by molar-refractivity contribution is -0.118. The van der Waals surface area contributed by atoms with E-state index in [1.165, 1.54) is 6.08 Å². The highest BCUT2D eigenvalue weighted by Gasteiger charge is 2.11. The number of para-hydroxylation sites is 1. The highest BCUT2D eigenvalue weighted by atomic mass is 127. The average Bonchev–Trinajstić information content (AvgIpc) is 2.84. The van der Waals surface area contributed by atoms with Crippen LogP contribution in [-0.4, -0.2) is 25.0 Å². The molecule has 0 saturated carbocycles. The molecule has 3 rings (SSSR count). The molecule has 0 unspecified atom stereocenters. The molecule has 0 radical (unpaired) electrons. The third-order valence-corrected chi connectivity index (χ3v) is 5.42. The molecule has 0 bridgehead atoms. The Balaban J connectivity index is 1.58. The normalized spacial score (nSPS) is 10.7. The van der Waals surface area contributed by atoms with Gasteiger partial charge in [0.2, 0.25) is 0 Å². The van der Waals surface area contributed by atoms with Gasteiger partial charge in [0.25, 0.3) is 11.8 Å². The standard InChI is InChI=1S/C26H22IN3O4/c1-2-33-22-7-5-6-20(15-22)29-26(32)19(16-28)14-18-10-12-21(13-11-18)34-17-25(31)30-24-9-4-3-8-23(24)27/h3-15H,2,17H2,1H3,(H,29,32)(H,30,31)/b19-14+. The molecule has 0 spiro atoms. The minimum atomic E-state index is -0.524. The number of hydrogen-bond acceptors (Lipinski definition) is 5. The topological polar surface area (TPSA) is 100 Å². The number of ether oxygens (including phenoxy) is 2. The van der Waals surface area contributed by atoms with Crippen molar-refractivity contribution in [2.45, 2.75) is 6.92 Å². The Kier molecular flexibility index (Phi) is 9.05. The summed E-state index contributed by atoms with van der Waals surface area (Å²) < 4.78 is 11.9. The van der Waals surface area contributed by atoms with Crippen molar-refractivity contribution in [2.75, 3.05) is 23.8 Å². The van der Waals surface area contributed by atoms with Crippen molar-refractivity contribution in [1.29, 1.82) is 5.26 Å². The molecule has 0 aliphatic carbocycles.